The standard InChI is InChI=1S/C10H8N2O2S3/c1-15-9-11-12-10(17-9)16-7-4-2-3-6(5-7)8(13)14/h2-5H,1H3,(H,13,14). The van der Waals surface area contributed by atoms with Crippen molar-refractivity contribution in [2.45, 2.75) is 13.6 Å². The largest absolute Gasteiger partial charge is 0.478 e. The van der Waals surface area contributed by atoms with Gasteiger partial charge in [0.2, 0.25) is 0 Å². The molecule has 0 atom stereocenters. The summed E-state index contributed by atoms with van der Waals surface area (Å²) in [6, 6.07) is 6.78. The van der Waals surface area contributed by atoms with E-state index in [0.717, 1.165) is 13.6 Å². The fourth-order valence-electron chi connectivity index (χ4n) is 1.11. The van der Waals surface area contributed by atoms with Crippen molar-refractivity contribution in [1.29, 1.82) is 0 Å². The van der Waals surface area contributed by atoms with Crippen LogP contribution < -0.4 is 0 Å². The molecular weight excluding hydrogens is 276 g/mol. The number of carboxylic acids is 1. The second kappa shape index (κ2) is 5.52. The molecule has 7 heteroatoms. The normalized spacial score (nSPS) is 10.4. The predicted octanol–water partition coefficient (Wildman–Crippen LogP) is 3.11. The molecule has 1 aromatic carbocycles. The van der Waals surface area contributed by atoms with Gasteiger partial charge in [0.05, 0.1) is 5.56 Å². The molecule has 0 aliphatic carbocycles. The van der Waals surface area contributed by atoms with Crippen molar-refractivity contribution in [3.8, 4) is 0 Å². The van der Waals surface area contributed by atoms with Crippen molar-refractivity contribution in [1.82, 2.24) is 10.2 Å². The topological polar surface area (TPSA) is 63.1 Å². The summed E-state index contributed by atoms with van der Waals surface area (Å²) in [6.07, 6.45) is 1.94. The second-order valence-electron chi connectivity index (χ2n) is 2.97. The molecule has 0 unspecified atom stereocenters. The first-order valence-electron chi connectivity index (χ1n) is 4.58. The third-order valence-electron chi connectivity index (χ3n) is 1.85. The number of carbonyl (C=O) groups is 1. The SMILES string of the molecule is CSc1nnc(Sc2cccc(C(=O)O)c2)s1. The summed E-state index contributed by atoms with van der Waals surface area (Å²) in [4.78, 5) is 11.7. The molecule has 0 radical (unpaired) electrons. The quantitative estimate of drug-likeness (QED) is 0.870. The van der Waals surface area contributed by atoms with Gasteiger partial charge in [0.25, 0.3) is 0 Å². The number of rotatable bonds is 4. The van der Waals surface area contributed by atoms with Crippen LogP contribution in [0.1, 0.15) is 10.4 Å². The molecule has 4 nitrogen and oxygen atoms in total. The minimum atomic E-state index is -0.922. The Balaban J connectivity index is 2.18. The molecule has 88 valence electrons. The van der Waals surface area contributed by atoms with E-state index >= 15 is 0 Å². The number of nitrogens with zero attached hydrogens (tertiary/aromatic N) is 2. The Labute approximate surface area is 110 Å². The maximum atomic E-state index is 10.8. The van der Waals surface area contributed by atoms with E-state index in [1.54, 1.807) is 30.0 Å². The minimum Gasteiger partial charge on any atom is -0.478 e. The van der Waals surface area contributed by atoms with Crippen LogP contribution in [0.15, 0.2) is 37.8 Å². The van der Waals surface area contributed by atoms with Crippen molar-refractivity contribution in [2.75, 3.05) is 6.26 Å². The van der Waals surface area contributed by atoms with Crippen LogP contribution in [-0.4, -0.2) is 27.5 Å². The molecule has 0 fully saturated rings. The molecule has 1 heterocycles. The number of thioether (sulfide) groups is 1. The van der Waals surface area contributed by atoms with Gasteiger partial charge in [0, 0.05) is 4.90 Å². The van der Waals surface area contributed by atoms with E-state index in [0.29, 0.717) is 0 Å². The summed E-state index contributed by atoms with van der Waals surface area (Å²) < 4.78 is 1.72. The Bertz CT molecular complexity index is 542. The maximum absolute atomic E-state index is 10.8. The third-order valence-corrected chi connectivity index (χ3v) is 4.79. The molecule has 0 saturated carbocycles. The van der Waals surface area contributed by atoms with Crippen LogP contribution in [-0.2, 0) is 0 Å². The zero-order chi connectivity index (χ0) is 12.3. The van der Waals surface area contributed by atoms with Crippen molar-refractivity contribution in [3.63, 3.8) is 0 Å². The Morgan fingerprint density at radius 2 is 2.12 bits per heavy atom. The van der Waals surface area contributed by atoms with Crippen LogP contribution in [0.2, 0.25) is 0 Å². The number of benzene rings is 1. The molecule has 0 bridgehead atoms. The van der Waals surface area contributed by atoms with Crippen molar-refractivity contribution >= 4 is 40.8 Å². The predicted molar refractivity (Wildman–Crippen MR) is 69.2 cm³/mol. The highest BCUT2D eigenvalue weighted by Crippen LogP contribution is 2.32. The summed E-state index contributed by atoms with van der Waals surface area (Å²) in [5, 5.41) is 16.9. The third kappa shape index (κ3) is 3.21. The van der Waals surface area contributed by atoms with Gasteiger partial charge < -0.3 is 5.11 Å². The van der Waals surface area contributed by atoms with Crippen LogP contribution in [0.4, 0.5) is 0 Å². The lowest BCUT2D eigenvalue weighted by Crippen LogP contribution is -1.95. The molecule has 0 aliphatic heterocycles. The molecular formula is C10H8N2O2S3. The van der Waals surface area contributed by atoms with Gasteiger partial charge in [0.1, 0.15) is 0 Å². The van der Waals surface area contributed by atoms with Crippen LogP contribution >= 0.6 is 34.9 Å². The summed E-state index contributed by atoms with van der Waals surface area (Å²) in [7, 11) is 0. The van der Waals surface area contributed by atoms with E-state index in [1.165, 1.54) is 23.1 Å². The molecule has 0 aliphatic rings. The lowest BCUT2D eigenvalue weighted by Gasteiger charge is -1.98. The summed E-state index contributed by atoms with van der Waals surface area (Å²) in [5.74, 6) is -0.922. The van der Waals surface area contributed by atoms with Crippen LogP contribution in [0.3, 0.4) is 0 Å². The van der Waals surface area contributed by atoms with Crippen molar-refractivity contribution in [3.05, 3.63) is 29.8 Å². The highest BCUT2D eigenvalue weighted by Gasteiger charge is 2.07. The van der Waals surface area contributed by atoms with E-state index in [9.17, 15) is 4.79 Å². The van der Waals surface area contributed by atoms with E-state index in [4.69, 9.17) is 5.11 Å². The smallest absolute Gasteiger partial charge is 0.335 e. The maximum Gasteiger partial charge on any atom is 0.335 e. The first kappa shape index (κ1) is 12.4. The molecule has 2 aromatic rings. The minimum absolute atomic E-state index is 0.282. The monoisotopic (exact) mass is 284 g/mol. The Kier molecular flexibility index (Phi) is 4.03. The summed E-state index contributed by atoms with van der Waals surface area (Å²) >= 11 is 4.47. The number of aromatic nitrogens is 2. The molecule has 17 heavy (non-hydrogen) atoms. The Hall–Kier alpha value is -1.05. The number of carboxylic acid groups (broad SMARTS) is 1. The Morgan fingerprint density at radius 1 is 1.35 bits per heavy atom. The lowest BCUT2D eigenvalue weighted by atomic mass is 10.2. The van der Waals surface area contributed by atoms with Crippen LogP contribution in [0.5, 0.6) is 0 Å². The van der Waals surface area contributed by atoms with E-state index in [-0.39, 0.29) is 5.56 Å². The number of aromatic carboxylic acids is 1. The number of hydrogen-bond acceptors (Lipinski definition) is 6. The van der Waals surface area contributed by atoms with Crippen molar-refractivity contribution < 1.29 is 9.90 Å². The zero-order valence-electron chi connectivity index (χ0n) is 8.78. The van der Waals surface area contributed by atoms with Crippen LogP contribution in [0, 0.1) is 0 Å². The van der Waals surface area contributed by atoms with Gasteiger partial charge in [-0.2, -0.15) is 0 Å². The first-order chi connectivity index (χ1) is 8.19. The summed E-state index contributed by atoms with van der Waals surface area (Å²) in [5.41, 5.74) is 0.282. The van der Waals surface area contributed by atoms with E-state index < -0.39 is 5.97 Å². The highest BCUT2D eigenvalue weighted by atomic mass is 32.2. The van der Waals surface area contributed by atoms with Gasteiger partial charge >= 0.3 is 5.97 Å². The molecule has 1 N–H and O–H groups in total. The van der Waals surface area contributed by atoms with Gasteiger partial charge in [-0.1, -0.05) is 40.9 Å². The van der Waals surface area contributed by atoms with Gasteiger partial charge in [-0.3, -0.25) is 0 Å². The number of hydrogen-bond donors (Lipinski definition) is 1. The molecule has 2 rings (SSSR count). The second-order valence-corrected chi connectivity index (χ2v) is 6.32. The fourth-order valence-corrected chi connectivity index (χ4v) is 3.59. The van der Waals surface area contributed by atoms with Crippen LogP contribution in [0.25, 0.3) is 0 Å². The highest BCUT2D eigenvalue weighted by molar-refractivity contribution is 8.03. The average Bonchev–Trinajstić information content (AvgIpc) is 2.77. The average molecular weight is 284 g/mol. The van der Waals surface area contributed by atoms with Gasteiger partial charge in [-0.05, 0) is 24.5 Å². The molecule has 0 saturated heterocycles. The molecule has 0 spiro atoms. The van der Waals surface area contributed by atoms with E-state index in [2.05, 4.69) is 10.2 Å². The molecule has 1 aromatic heterocycles. The lowest BCUT2D eigenvalue weighted by molar-refractivity contribution is 0.0696. The zero-order valence-corrected chi connectivity index (χ0v) is 11.2. The fraction of sp³-hybridized carbons (Fsp3) is 0.100. The van der Waals surface area contributed by atoms with E-state index in [1.807, 2.05) is 12.3 Å². The van der Waals surface area contributed by atoms with Gasteiger partial charge in [0.15, 0.2) is 8.68 Å². The van der Waals surface area contributed by atoms with Gasteiger partial charge in [-0.25, -0.2) is 4.79 Å². The van der Waals surface area contributed by atoms with Gasteiger partial charge in [-0.15, -0.1) is 10.2 Å². The molecule has 0 amide bonds. The first-order valence-corrected chi connectivity index (χ1v) is 7.43. The summed E-state index contributed by atoms with van der Waals surface area (Å²) in [6.45, 7) is 0. The van der Waals surface area contributed by atoms with Crippen molar-refractivity contribution in [2.24, 2.45) is 0 Å². The Morgan fingerprint density at radius 3 is 2.76 bits per heavy atom.